The molecular formula is C11H14Br2N2O2. The van der Waals surface area contributed by atoms with Crippen molar-refractivity contribution in [3.05, 3.63) is 26.9 Å². The van der Waals surface area contributed by atoms with Crippen molar-refractivity contribution in [3.8, 4) is 0 Å². The van der Waals surface area contributed by atoms with Crippen LogP contribution in [0.15, 0.2) is 21.2 Å². The lowest BCUT2D eigenvalue weighted by Gasteiger charge is -2.23. The summed E-state index contributed by atoms with van der Waals surface area (Å²) in [5.74, 6) is -0.300. The molecule has 1 aromatic rings. The third-order valence-corrected chi connectivity index (χ3v) is 3.40. The van der Waals surface area contributed by atoms with E-state index < -0.39 is 5.54 Å². The Hall–Kier alpha value is -0.460. The first-order valence-corrected chi connectivity index (χ1v) is 6.59. The molecule has 0 aliphatic rings. The Morgan fingerprint density at radius 3 is 2.71 bits per heavy atom. The van der Waals surface area contributed by atoms with Crippen molar-refractivity contribution in [3.63, 3.8) is 0 Å². The van der Waals surface area contributed by atoms with E-state index in [9.17, 15) is 4.79 Å². The number of rotatable bonds is 4. The molecule has 17 heavy (non-hydrogen) atoms. The average Bonchev–Trinajstić information content (AvgIpc) is 2.26. The lowest BCUT2D eigenvalue weighted by atomic mass is 10.1. The van der Waals surface area contributed by atoms with E-state index in [1.165, 1.54) is 7.11 Å². The number of nitrogens with one attached hydrogen (secondary N) is 1. The minimum absolute atomic E-state index is 0.300. The maximum absolute atomic E-state index is 11.5. The summed E-state index contributed by atoms with van der Waals surface area (Å²) in [6.45, 7) is 4.02. The lowest BCUT2D eigenvalue weighted by molar-refractivity contribution is -0.147. The van der Waals surface area contributed by atoms with Gasteiger partial charge < -0.3 is 4.74 Å². The van der Waals surface area contributed by atoms with Gasteiger partial charge in [0, 0.05) is 21.7 Å². The quantitative estimate of drug-likeness (QED) is 0.833. The predicted molar refractivity (Wildman–Crippen MR) is 72.6 cm³/mol. The van der Waals surface area contributed by atoms with Crippen molar-refractivity contribution in [1.82, 2.24) is 10.3 Å². The van der Waals surface area contributed by atoms with Crippen LogP contribution in [0.1, 0.15) is 19.5 Å². The molecular weight excluding hydrogens is 352 g/mol. The molecule has 0 aliphatic heterocycles. The second kappa shape index (κ2) is 5.93. The topological polar surface area (TPSA) is 51.2 Å². The summed E-state index contributed by atoms with van der Waals surface area (Å²) in [6.07, 6.45) is 1.72. The molecule has 94 valence electrons. The van der Waals surface area contributed by atoms with Gasteiger partial charge in [0.25, 0.3) is 0 Å². The van der Waals surface area contributed by atoms with E-state index in [0.717, 1.165) is 14.6 Å². The van der Waals surface area contributed by atoms with Crippen LogP contribution < -0.4 is 5.32 Å². The van der Waals surface area contributed by atoms with Gasteiger partial charge >= 0.3 is 5.97 Å². The smallest absolute Gasteiger partial charge is 0.325 e. The zero-order chi connectivity index (χ0) is 13.1. The normalized spacial score (nSPS) is 11.4. The van der Waals surface area contributed by atoms with Crippen molar-refractivity contribution in [2.24, 2.45) is 0 Å². The molecule has 0 bridgehead atoms. The third-order valence-electron chi connectivity index (χ3n) is 2.28. The van der Waals surface area contributed by atoms with Crippen LogP contribution in [0.4, 0.5) is 0 Å². The molecule has 1 aromatic heterocycles. The summed E-state index contributed by atoms with van der Waals surface area (Å²) >= 11 is 6.75. The number of hydrogen-bond acceptors (Lipinski definition) is 4. The maximum Gasteiger partial charge on any atom is 0.325 e. The molecule has 0 unspecified atom stereocenters. The molecule has 1 heterocycles. The number of aromatic nitrogens is 1. The molecule has 0 spiro atoms. The highest BCUT2D eigenvalue weighted by Crippen LogP contribution is 2.20. The van der Waals surface area contributed by atoms with E-state index in [0.29, 0.717) is 6.54 Å². The molecule has 0 aromatic carbocycles. The Bertz CT molecular complexity index is 422. The number of ether oxygens (including phenoxy) is 1. The second-order valence-electron chi connectivity index (χ2n) is 4.05. The highest BCUT2D eigenvalue weighted by molar-refractivity contribution is 9.11. The van der Waals surface area contributed by atoms with Crippen molar-refractivity contribution in [2.45, 2.75) is 25.9 Å². The maximum atomic E-state index is 11.5. The lowest BCUT2D eigenvalue weighted by Crippen LogP contribution is -2.47. The molecule has 6 heteroatoms. The third kappa shape index (κ3) is 4.04. The van der Waals surface area contributed by atoms with Gasteiger partial charge in [-0.2, -0.15) is 0 Å². The monoisotopic (exact) mass is 364 g/mol. The molecule has 0 saturated carbocycles. The van der Waals surface area contributed by atoms with Gasteiger partial charge in [0.05, 0.1) is 12.8 Å². The molecule has 0 fully saturated rings. The minimum Gasteiger partial charge on any atom is -0.468 e. The van der Waals surface area contributed by atoms with Crippen molar-refractivity contribution in [1.29, 1.82) is 0 Å². The van der Waals surface area contributed by atoms with Crippen LogP contribution in [0, 0.1) is 0 Å². The van der Waals surface area contributed by atoms with E-state index >= 15 is 0 Å². The fourth-order valence-electron chi connectivity index (χ4n) is 1.20. The van der Waals surface area contributed by atoms with Gasteiger partial charge in [-0.05, 0) is 51.8 Å². The number of carbonyl (C=O) groups excluding carboxylic acids is 1. The Labute approximate surface area is 117 Å². The number of nitrogens with zero attached hydrogens (tertiary/aromatic N) is 1. The molecule has 1 N–H and O–H groups in total. The first-order chi connectivity index (χ1) is 7.86. The first-order valence-electron chi connectivity index (χ1n) is 5.00. The van der Waals surface area contributed by atoms with Crippen LogP contribution in [-0.4, -0.2) is 23.6 Å². The molecule has 0 amide bonds. The van der Waals surface area contributed by atoms with Crippen LogP contribution in [0.5, 0.6) is 0 Å². The summed E-state index contributed by atoms with van der Waals surface area (Å²) in [7, 11) is 1.37. The summed E-state index contributed by atoms with van der Waals surface area (Å²) in [5, 5.41) is 3.10. The Balaban J connectivity index is 2.70. The summed E-state index contributed by atoms with van der Waals surface area (Å²) in [4.78, 5) is 15.7. The minimum atomic E-state index is -0.733. The van der Waals surface area contributed by atoms with Gasteiger partial charge in [-0.25, -0.2) is 0 Å². The summed E-state index contributed by atoms with van der Waals surface area (Å²) in [6, 6.07) is 1.91. The first kappa shape index (κ1) is 14.6. The van der Waals surface area contributed by atoms with Crippen LogP contribution in [0.2, 0.25) is 0 Å². The number of pyridine rings is 1. The van der Waals surface area contributed by atoms with Crippen LogP contribution >= 0.6 is 31.9 Å². The number of methoxy groups -OCH3 is 1. The fraction of sp³-hybridized carbons (Fsp3) is 0.455. The van der Waals surface area contributed by atoms with Crippen molar-refractivity contribution < 1.29 is 9.53 Å². The molecule has 0 radical (unpaired) electrons. The highest BCUT2D eigenvalue weighted by Gasteiger charge is 2.28. The largest absolute Gasteiger partial charge is 0.468 e. The standard InChI is InChI=1S/C11H14Br2N2O2/c1-11(2,10(16)17-3)15-6-9-8(13)4-7(12)5-14-9/h4-5,15H,6H2,1-3H3. The van der Waals surface area contributed by atoms with Crippen molar-refractivity contribution >= 4 is 37.8 Å². The van der Waals surface area contributed by atoms with E-state index in [1.54, 1.807) is 20.0 Å². The van der Waals surface area contributed by atoms with Crippen molar-refractivity contribution in [2.75, 3.05) is 7.11 Å². The zero-order valence-electron chi connectivity index (χ0n) is 9.88. The highest BCUT2D eigenvalue weighted by atomic mass is 79.9. The number of carbonyl (C=O) groups is 1. The van der Waals surface area contributed by atoms with E-state index in [2.05, 4.69) is 42.2 Å². The fourth-order valence-corrected chi connectivity index (χ4v) is 2.33. The second-order valence-corrected chi connectivity index (χ2v) is 5.82. The van der Waals surface area contributed by atoms with Crippen LogP contribution in [0.25, 0.3) is 0 Å². The molecule has 1 rings (SSSR count). The van der Waals surface area contributed by atoms with Gasteiger partial charge in [-0.1, -0.05) is 0 Å². The van der Waals surface area contributed by atoms with Crippen LogP contribution in [0.3, 0.4) is 0 Å². The molecule has 4 nitrogen and oxygen atoms in total. The Kier molecular flexibility index (Phi) is 5.09. The van der Waals surface area contributed by atoms with E-state index in [1.807, 2.05) is 6.07 Å². The zero-order valence-corrected chi connectivity index (χ0v) is 13.1. The van der Waals surface area contributed by atoms with E-state index in [4.69, 9.17) is 4.74 Å². The van der Waals surface area contributed by atoms with Gasteiger partial charge in [-0.15, -0.1) is 0 Å². The number of halogens is 2. The predicted octanol–water partition coefficient (Wildman–Crippen LogP) is 2.65. The van der Waals surface area contributed by atoms with Gasteiger partial charge in [-0.3, -0.25) is 15.1 Å². The Morgan fingerprint density at radius 1 is 1.53 bits per heavy atom. The van der Waals surface area contributed by atoms with Gasteiger partial charge in [0.2, 0.25) is 0 Å². The summed E-state index contributed by atoms with van der Waals surface area (Å²) in [5.41, 5.74) is 0.105. The molecule has 0 saturated heterocycles. The Morgan fingerprint density at radius 2 is 2.18 bits per heavy atom. The number of esters is 1. The van der Waals surface area contributed by atoms with Gasteiger partial charge in [0.15, 0.2) is 0 Å². The number of hydrogen-bond donors (Lipinski definition) is 1. The van der Waals surface area contributed by atoms with Gasteiger partial charge in [0.1, 0.15) is 5.54 Å². The van der Waals surface area contributed by atoms with E-state index in [-0.39, 0.29) is 5.97 Å². The average molecular weight is 366 g/mol. The molecule has 0 aliphatic carbocycles. The summed E-state index contributed by atoms with van der Waals surface area (Å²) < 4.78 is 6.50. The van der Waals surface area contributed by atoms with Crippen LogP contribution in [-0.2, 0) is 16.1 Å². The molecule has 0 atom stereocenters. The SMILES string of the molecule is COC(=O)C(C)(C)NCc1ncc(Br)cc1Br.